The predicted molar refractivity (Wildman–Crippen MR) is 103 cm³/mol. The number of ether oxygens (including phenoxy) is 1. The molecule has 0 saturated carbocycles. The van der Waals surface area contributed by atoms with Crippen LogP contribution < -0.4 is 9.64 Å². The SMILES string of the molecule is CCc1[nH]nc(N(C(C)=O)c2ccc(Oc3ccc(Cl)cc3)cc2)c1C. The first-order valence-electron chi connectivity index (χ1n) is 8.37. The fraction of sp³-hybridized carbons (Fsp3) is 0.200. The zero-order chi connectivity index (χ0) is 18.7. The quantitative estimate of drug-likeness (QED) is 0.654. The van der Waals surface area contributed by atoms with E-state index in [1.165, 1.54) is 6.92 Å². The van der Waals surface area contributed by atoms with Crippen molar-refractivity contribution in [1.82, 2.24) is 10.2 Å². The third kappa shape index (κ3) is 3.73. The molecule has 0 saturated heterocycles. The van der Waals surface area contributed by atoms with E-state index in [4.69, 9.17) is 16.3 Å². The zero-order valence-corrected chi connectivity index (χ0v) is 15.7. The van der Waals surface area contributed by atoms with Crippen LogP contribution in [-0.4, -0.2) is 16.1 Å². The van der Waals surface area contributed by atoms with E-state index >= 15 is 0 Å². The minimum Gasteiger partial charge on any atom is -0.457 e. The van der Waals surface area contributed by atoms with E-state index in [-0.39, 0.29) is 5.91 Å². The van der Waals surface area contributed by atoms with Gasteiger partial charge in [-0.25, -0.2) is 0 Å². The molecule has 5 nitrogen and oxygen atoms in total. The number of hydrogen-bond acceptors (Lipinski definition) is 3. The van der Waals surface area contributed by atoms with Crippen LogP contribution in [0.5, 0.6) is 11.5 Å². The average molecular weight is 370 g/mol. The van der Waals surface area contributed by atoms with Crippen molar-refractivity contribution in [3.63, 3.8) is 0 Å². The predicted octanol–water partition coefficient (Wildman–Crippen LogP) is 5.41. The molecule has 134 valence electrons. The summed E-state index contributed by atoms with van der Waals surface area (Å²) in [6.45, 7) is 5.54. The van der Waals surface area contributed by atoms with Crippen LogP contribution in [-0.2, 0) is 11.2 Å². The Balaban J connectivity index is 1.85. The van der Waals surface area contributed by atoms with Gasteiger partial charge in [-0.05, 0) is 61.9 Å². The number of anilines is 2. The van der Waals surface area contributed by atoms with Crippen molar-refractivity contribution in [3.8, 4) is 11.5 Å². The fourth-order valence-corrected chi connectivity index (χ4v) is 2.87. The van der Waals surface area contributed by atoms with E-state index in [9.17, 15) is 4.79 Å². The lowest BCUT2D eigenvalue weighted by Crippen LogP contribution is -2.23. The molecule has 1 aromatic heterocycles. The van der Waals surface area contributed by atoms with E-state index in [1.54, 1.807) is 29.2 Å². The van der Waals surface area contributed by atoms with E-state index < -0.39 is 0 Å². The number of nitrogens with zero attached hydrogens (tertiary/aromatic N) is 2. The molecule has 0 bridgehead atoms. The number of aryl methyl sites for hydroxylation is 1. The maximum absolute atomic E-state index is 12.2. The van der Waals surface area contributed by atoms with Gasteiger partial charge in [0.05, 0.1) is 5.69 Å². The molecular weight excluding hydrogens is 350 g/mol. The number of carbonyl (C=O) groups excluding carboxylic acids is 1. The van der Waals surface area contributed by atoms with Crippen molar-refractivity contribution in [1.29, 1.82) is 0 Å². The van der Waals surface area contributed by atoms with E-state index in [0.29, 0.717) is 22.3 Å². The first-order valence-corrected chi connectivity index (χ1v) is 8.75. The Morgan fingerprint density at radius 3 is 2.19 bits per heavy atom. The zero-order valence-electron chi connectivity index (χ0n) is 14.9. The number of amides is 1. The summed E-state index contributed by atoms with van der Waals surface area (Å²) in [5.74, 6) is 1.89. The molecule has 1 N–H and O–H groups in total. The summed E-state index contributed by atoms with van der Waals surface area (Å²) in [5.41, 5.74) is 2.73. The number of carbonyl (C=O) groups is 1. The van der Waals surface area contributed by atoms with Gasteiger partial charge >= 0.3 is 0 Å². The molecule has 3 rings (SSSR count). The van der Waals surface area contributed by atoms with Crippen LogP contribution in [0.3, 0.4) is 0 Å². The third-order valence-corrected chi connectivity index (χ3v) is 4.36. The first kappa shape index (κ1) is 18.0. The molecule has 1 heterocycles. The minimum atomic E-state index is -0.103. The number of rotatable bonds is 5. The van der Waals surface area contributed by atoms with Gasteiger partial charge in [-0.1, -0.05) is 18.5 Å². The van der Waals surface area contributed by atoms with Crippen LogP contribution in [0, 0.1) is 6.92 Å². The second-order valence-corrected chi connectivity index (χ2v) is 6.35. The Labute approximate surface area is 157 Å². The van der Waals surface area contributed by atoms with Gasteiger partial charge in [-0.15, -0.1) is 0 Å². The summed E-state index contributed by atoms with van der Waals surface area (Å²) in [7, 11) is 0. The molecule has 0 aliphatic heterocycles. The van der Waals surface area contributed by atoms with Crippen LogP contribution in [0.15, 0.2) is 48.5 Å². The van der Waals surface area contributed by atoms with Crippen LogP contribution in [0.2, 0.25) is 5.02 Å². The Morgan fingerprint density at radius 2 is 1.69 bits per heavy atom. The maximum Gasteiger partial charge on any atom is 0.229 e. The number of aromatic amines is 1. The van der Waals surface area contributed by atoms with Crippen LogP contribution in [0.25, 0.3) is 0 Å². The summed E-state index contributed by atoms with van der Waals surface area (Å²) in [4.78, 5) is 13.8. The molecule has 26 heavy (non-hydrogen) atoms. The first-order chi connectivity index (χ1) is 12.5. The summed E-state index contributed by atoms with van der Waals surface area (Å²) in [6, 6.07) is 14.5. The molecule has 0 unspecified atom stereocenters. The van der Waals surface area contributed by atoms with Crippen LogP contribution in [0.4, 0.5) is 11.5 Å². The number of halogens is 1. The average Bonchev–Trinajstić information content (AvgIpc) is 2.99. The highest BCUT2D eigenvalue weighted by atomic mass is 35.5. The highest BCUT2D eigenvalue weighted by Gasteiger charge is 2.20. The fourth-order valence-electron chi connectivity index (χ4n) is 2.74. The van der Waals surface area contributed by atoms with Crippen LogP contribution in [0.1, 0.15) is 25.1 Å². The van der Waals surface area contributed by atoms with Crippen molar-refractivity contribution in [2.45, 2.75) is 27.2 Å². The lowest BCUT2D eigenvalue weighted by atomic mass is 10.2. The summed E-state index contributed by atoms with van der Waals surface area (Å²) >= 11 is 5.88. The normalized spacial score (nSPS) is 10.6. The lowest BCUT2D eigenvalue weighted by molar-refractivity contribution is -0.115. The van der Waals surface area contributed by atoms with E-state index in [0.717, 1.165) is 23.4 Å². The Morgan fingerprint density at radius 1 is 1.12 bits per heavy atom. The number of hydrogen-bond donors (Lipinski definition) is 1. The molecule has 0 spiro atoms. The van der Waals surface area contributed by atoms with Crippen molar-refractivity contribution in [2.24, 2.45) is 0 Å². The molecule has 6 heteroatoms. The molecule has 0 atom stereocenters. The highest BCUT2D eigenvalue weighted by molar-refractivity contribution is 6.30. The van der Waals surface area contributed by atoms with Gasteiger partial charge in [0.2, 0.25) is 5.91 Å². The number of nitrogens with one attached hydrogen (secondary N) is 1. The van der Waals surface area contributed by atoms with Gasteiger partial charge in [-0.3, -0.25) is 14.8 Å². The summed E-state index contributed by atoms with van der Waals surface area (Å²) in [5, 5.41) is 7.98. The second-order valence-electron chi connectivity index (χ2n) is 5.91. The molecule has 0 aliphatic carbocycles. The molecule has 0 aliphatic rings. The minimum absolute atomic E-state index is 0.103. The van der Waals surface area contributed by atoms with Crippen molar-refractivity contribution >= 4 is 29.0 Å². The van der Waals surface area contributed by atoms with E-state index in [1.807, 2.05) is 38.1 Å². The lowest BCUT2D eigenvalue weighted by Gasteiger charge is -2.20. The Hall–Kier alpha value is -2.79. The van der Waals surface area contributed by atoms with Gasteiger partial charge < -0.3 is 4.74 Å². The highest BCUT2D eigenvalue weighted by Crippen LogP contribution is 2.31. The molecule has 3 aromatic rings. The molecule has 0 radical (unpaired) electrons. The Kier molecular flexibility index (Phi) is 5.28. The van der Waals surface area contributed by atoms with Crippen molar-refractivity contribution in [2.75, 3.05) is 4.90 Å². The van der Waals surface area contributed by atoms with Gasteiger partial charge in [0.15, 0.2) is 5.82 Å². The summed E-state index contributed by atoms with van der Waals surface area (Å²) < 4.78 is 5.80. The number of H-pyrrole nitrogens is 1. The van der Waals surface area contributed by atoms with Gasteiger partial charge in [0, 0.05) is 23.2 Å². The summed E-state index contributed by atoms with van der Waals surface area (Å²) in [6.07, 6.45) is 0.832. The Bertz CT molecular complexity index is 902. The second kappa shape index (κ2) is 7.62. The third-order valence-electron chi connectivity index (χ3n) is 4.11. The molecular formula is C20H20ClN3O2. The standard InChI is InChI=1S/C20H20ClN3O2/c1-4-19-13(2)20(23-22-19)24(14(3)25)16-7-11-18(12-8-16)26-17-9-5-15(21)6-10-17/h5-12H,4H2,1-3H3,(H,22,23). The van der Waals surface area contributed by atoms with E-state index in [2.05, 4.69) is 10.2 Å². The van der Waals surface area contributed by atoms with Gasteiger partial charge in [0.25, 0.3) is 0 Å². The van der Waals surface area contributed by atoms with Gasteiger partial charge in [-0.2, -0.15) is 5.10 Å². The monoisotopic (exact) mass is 369 g/mol. The largest absolute Gasteiger partial charge is 0.457 e. The molecule has 0 fully saturated rings. The molecule has 2 aromatic carbocycles. The number of aromatic nitrogens is 2. The smallest absolute Gasteiger partial charge is 0.229 e. The van der Waals surface area contributed by atoms with Gasteiger partial charge in [0.1, 0.15) is 11.5 Å². The topological polar surface area (TPSA) is 58.2 Å². The van der Waals surface area contributed by atoms with Crippen molar-refractivity contribution < 1.29 is 9.53 Å². The number of benzene rings is 2. The van der Waals surface area contributed by atoms with Crippen molar-refractivity contribution in [3.05, 3.63) is 64.8 Å². The van der Waals surface area contributed by atoms with Crippen LogP contribution >= 0.6 is 11.6 Å². The maximum atomic E-state index is 12.2. The molecule has 1 amide bonds.